The summed E-state index contributed by atoms with van der Waals surface area (Å²) < 4.78 is 25.7. The van der Waals surface area contributed by atoms with E-state index >= 15 is 0 Å². The average Bonchev–Trinajstić information content (AvgIpc) is 2.76. The Morgan fingerprint density at radius 2 is 2.05 bits per heavy atom. The molecule has 4 nitrogen and oxygen atoms in total. The van der Waals surface area contributed by atoms with Crippen LogP contribution >= 0.6 is 0 Å². The fourth-order valence-corrected chi connectivity index (χ4v) is 2.94. The number of benzene rings is 1. The van der Waals surface area contributed by atoms with Crippen LogP contribution in [0.4, 0.5) is 0 Å². The number of nitrogens with zero attached hydrogens (tertiary/aromatic N) is 2. The molecule has 0 aliphatic carbocycles. The first-order valence-corrected chi connectivity index (χ1v) is 8.16. The van der Waals surface area contributed by atoms with Gasteiger partial charge in [-0.25, -0.2) is 13.4 Å². The molecule has 5 heteroatoms. The molecule has 1 aromatic carbocycles. The average molecular weight is 278 g/mol. The fraction of sp³-hybridized carbons (Fsp3) is 0.357. The van der Waals surface area contributed by atoms with Crippen LogP contribution in [0.1, 0.15) is 24.7 Å². The lowest BCUT2D eigenvalue weighted by molar-refractivity contribution is 0.601. The van der Waals surface area contributed by atoms with Crippen molar-refractivity contribution >= 4 is 9.84 Å². The lowest BCUT2D eigenvalue weighted by atomic mass is 10.2. The number of sulfone groups is 1. The molecule has 0 spiro atoms. The van der Waals surface area contributed by atoms with E-state index < -0.39 is 9.84 Å². The van der Waals surface area contributed by atoms with E-state index in [1.165, 1.54) is 6.26 Å². The van der Waals surface area contributed by atoms with Crippen LogP contribution < -0.4 is 0 Å². The summed E-state index contributed by atoms with van der Waals surface area (Å²) >= 11 is 0. The first-order valence-electron chi connectivity index (χ1n) is 6.26. The van der Waals surface area contributed by atoms with Gasteiger partial charge in [0.15, 0.2) is 9.84 Å². The van der Waals surface area contributed by atoms with Crippen molar-refractivity contribution in [2.75, 3.05) is 6.26 Å². The van der Waals surface area contributed by atoms with E-state index in [1.807, 2.05) is 29.8 Å². The second-order valence-corrected chi connectivity index (χ2v) is 6.69. The maximum absolute atomic E-state index is 11.9. The van der Waals surface area contributed by atoms with Crippen molar-refractivity contribution in [3.63, 3.8) is 0 Å². The van der Waals surface area contributed by atoms with E-state index in [0.717, 1.165) is 24.2 Å². The first-order chi connectivity index (χ1) is 8.93. The Labute approximate surface area is 114 Å². The molecule has 0 amide bonds. The van der Waals surface area contributed by atoms with E-state index in [4.69, 9.17) is 0 Å². The molecule has 0 saturated heterocycles. The number of hydrogen-bond donors (Lipinski definition) is 0. The van der Waals surface area contributed by atoms with Crippen LogP contribution in [0.5, 0.6) is 0 Å². The van der Waals surface area contributed by atoms with Gasteiger partial charge in [-0.2, -0.15) is 0 Å². The zero-order valence-electron chi connectivity index (χ0n) is 11.4. The van der Waals surface area contributed by atoms with Gasteiger partial charge in [0.1, 0.15) is 5.82 Å². The van der Waals surface area contributed by atoms with Gasteiger partial charge < -0.3 is 4.57 Å². The molecule has 0 unspecified atom stereocenters. The van der Waals surface area contributed by atoms with Gasteiger partial charge in [-0.1, -0.05) is 13.0 Å². The quantitative estimate of drug-likeness (QED) is 0.863. The maximum atomic E-state index is 11.9. The van der Waals surface area contributed by atoms with E-state index in [2.05, 4.69) is 11.9 Å². The van der Waals surface area contributed by atoms with Crippen molar-refractivity contribution in [1.29, 1.82) is 0 Å². The summed E-state index contributed by atoms with van der Waals surface area (Å²) in [6.07, 6.45) is 6.55. The van der Waals surface area contributed by atoms with Crippen molar-refractivity contribution in [1.82, 2.24) is 9.55 Å². The zero-order valence-corrected chi connectivity index (χ0v) is 12.2. The third-order valence-electron chi connectivity index (χ3n) is 2.96. The van der Waals surface area contributed by atoms with Gasteiger partial charge in [-0.05, 0) is 31.0 Å². The summed E-state index contributed by atoms with van der Waals surface area (Å²) in [4.78, 5) is 4.64. The van der Waals surface area contributed by atoms with E-state index in [0.29, 0.717) is 10.6 Å². The second-order valence-electron chi connectivity index (χ2n) is 4.71. The summed E-state index contributed by atoms with van der Waals surface area (Å²) in [6.45, 7) is 4.03. The zero-order chi connectivity index (χ0) is 14.0. The number of rotatable bonds is 4. The van der Waals surface area contributed by atoms with Crippen molar-refractivity contribution in [3.8, 4) is 5.69 Å². The highest BCUT2D eigenvalue weighted by atomic mass is 32.2. The molecule has 1 heterocycles. The Kier molecular flexibility index (Phi) is 3.75. The Hall–Kier alpha value is -1.62. The van der Waals surface area contributed by atoms with E-state index in [1.54, 1.807) is 12.3 Å². The largest absolute Gasteiger partial charge is 0.302 e. The van der Waals surface area contributed by atoms with Crippen molar-refractivity contribution in [3.05, 3.63) is 42.0 Å². The van der Waals surface area contributed by atoms with E-state index in [9.17, 15) is 8.42 Å². The summed E-state index contributed by atoms with van der Waals surface area (Å²) in [5.74, 6) is 0.887. The molecule has 2 aromatic rings. The normalized spacial score (nSPS) is 11.7. The van der Waals surface area contributed by atoms with E-state index in [-0.39, 0.29) is 0 Å². The molecule has 0 saturated carbocycles. The topological polar surface area (TPSA) is 52.0 Å². The first kappa shape index (κ1) is 13.8. The lowest BCUT2D eigenvalue weighted by Crippen LogP contribution is -2.08. The molecule has 102 valence electrons. The van der Waals surface area contributed by atoms with Crippen LogP contribution in [-0.2, 0) is 16.3 Å². The molecule has 2 rings (SSSR count). The van der Waals surface area contributed by atoms with Gasteiger partial charge in [0.2, 0.25) is 0 Å². The van der Waals surface area contributed by atoms with Crippen LogP contribution in [0.25, 0.3) is 5.69 Å². The Morgan fingerprint density at radius 3 is 2.68 bits per heavy atom. The predicted octanol–water partition coefficient (Wildman–Crippen LogP) is 2.54. The van der Waals surface area contributed by atoms with Gasteiger partial charge in [-0.3, -0.25) is 0 Å². The molecular formula is C14H18N2O2S. The fourth-order valence-electron chi connectivity index (χ4n) is 2.09. The van der Waals surface area contributed by atoms with Crippen LogP contribution in [0.2, 0.25) is 0 Å². The smallest absolute Gasteiger partial charge is 0.177 e. The predicted molar refractivity (Wildman–Crippen MR) is 75.4 cm³/mol. The molecule has 0 aliphatic heterocycles. The minimum atomic E-state index is -3.26. The van der Waals surface area contributed by atoms with Crippen molar-refractivity contribution in [2.45, 2.75) is 31.6 Å². The van der Waals surface area contributed by atoms with Crippen LogP contribution in [-0.4, -0.2) is 24.2 Å². The summed E-state index contributed by atoms with van der Waals surface area (Å²) in [5.41, 5.74) is 1.71. The van der Waals surface area contributed by atoms with Gasteiger partial charge in [0, 0.05) is 25.1 Å². The highest BCUT2D eigenvalue weighted by Gasteiger charge is 2.16. The Balaban J connectivity index is 2.67. The van der Waals surface area contributed by atoms with Crippen molar-refractivity contribution in [2.24, 2.45) is 0 Å². The molecule has 0 N–H and O–H groups in total. The summed E-state index contributed by atoms with van der Waals surface area (Å²) in [7, 11) is -3.26. The maximum Gasteiger partial charge on any atom is 0.177 e. The van der Waals surface area contributed by atoms with Crippen LogP contribution in [0.15, 0.2) is 35.5 Å². The molecule has 0 atom stereocenters. The highest BCUT2D eigenvalue weighted by molar-refractivity contribution is 7.90. The lowest BCUT2D eigenvalue weighted by Gasteiger charge is -2.12. The summed E-state index contributed by atoms with van der Waals surface area (Å²) in [5, 5.41) is 0. The molecule has 0 aliphatic rings. The third-order valence-corrected chi connectivity index (χ3v) is 4.11. The van der Waals surface area contributed by atoms with Gasteiger partial charge in [0.05, 0.1) is 10.6 Å². The standard InChI is InChI=1S/C14H18N2O2S/c1-4-5-14-15-8-9-16(14)12-10-11(2)6-7-13(12)19(3,17)18/h6-10H,4-5H2,1-3H3. The Morgan fingerprint density at radius 1 is 1.32 bits per heavy atom. The highest BCUT2D eigenvalue weighted by Crippen LogP contribution is 2.23. The molecule has 0 fully saturated rings. The SMILES string of the molecule is CCCc1nccn1-c1cc(C)ccc1S(C)(=O)=O. The monoisotopic (exact) mass is 278 g/mol. The van der Waals surface area contributed by atoms with Gasteiger partial charge >= 0.3 is 0 Å². The van der Waals surface area contributed by atoms with Crippen LogP contribution in [0.3, 0.4) is 0 Å². The second kappa shape index (κ2) is 5.17. The number of hydrogen-bond acceptors (Lipinski definition) is 3. The van der Waals surface area contributed by atoms with Gasteiger partial charge in [-0.15, -0.1) is 0 Å². The minimum Gasteiger partial charge on any atom is -0.302 e. The number of aryl methyl sites for hydroxylation is 2. The molecule has 0 radical (unpaired) electrons. The molecule has 1 aromatic heterocycles. The molecule has 19 heavy (non-hydrogen) atoms. The number of aromatic nitrogens is 2. The number of imidazole rings is 1. The van der Waals surface area contributed by atoms with Crippen LogP contribution in [0, 0.1) is 6.92 Å². The molecule has 0 bridgehead atoms. The van der Waals surface area contributed by atoms with Gasteiger partial charge in [0.25, 0.3) is 0 Å². The van der Waals surface area contributed by atoms with Crippen molar-refractivity contribution < 1.29 is 8.42 Å². The molecular weight excluding hydrogens is 260 g/mol. The Bertz CT molecular complexity index is 687. The minimum absolute atomic E-state index is 0.341. The summed E-state index contributed by atoms with van der Waals surface area (Å²) in [6, 6.07) is 5.36. The third kappa shape index (κ3) is 2.87.